The molecule has 0 N–H and O–H groups in total. The fourth-order valence-corrected chi connectivity index (χ4v) is 4.96. The molecule has 0 atom stereocenters. The summed E-state index contributed by atoms with van der Waals surface area (Å²) in [6, 6.07) is 9.34. The van der Waals surface area contributed by atoms with Crippen molar-refractivity contribution < 1.29 is 0 Å². The monoisotopic (exact) mass is 417 g/mol. The molecule has 0 saturated heterocycles. The molecule has 0 radical (unpaired) electrons. The van der Waals surface area contributed by atoms with Crippen molar-refractivity contribution in [3.63, 3.8) is 0 Å². The van der Waals surface area contributed by atoms with Gasteiger partial charge in [0.1, 0.15) is 5.03 Å². The van der Waals surface area contributed by atoms with E-state index in [1.165, 1.54) is 5.56 Å². The third kappa shape index (κ3) is 4.05. The molecule has 1 aliphatic carbocycles. The Morgan fingerprint density at radius 3 is 2.85 bits per heavy atom. The van der Waals surface area contributed by atoms with Gasteiger partial charge >= 0.3 is 5.69 Å². The first-order chi connectivity index (χ1) is 13.1. The molecule has 2 aromatic heterocycles. The molecule has 7 heteroatoms. The highest BCUT2D eigenvalue weighted by Crippen LogP contribution is 2.33. The minimum atomic E-state index is -0.204. The molecule has 0 spiro atoms. The predicted molar refractivity (Wildman–Crippen MR) is 110 cm³/mol. The number of pyridine rings is 1. The van der Waals surface area contributed by atoms with Crippen LogP contribution >= 0.6 is 35.0 Å². The quantitative estimate of drug-likeness (QED) is 0.442. The molecule has 138 valence electrons. The van der Waals surface area contributed by atoms with E-state index in [0.29, 0.717) is 22.3 Å². The Balaban J connectivity index is 1.62. The minimum Gasteiger partial charge on any atom is -0.291 e. The van der Waals surface area contributed by atoms with Crippen molar-refractivity contribution in [3.8, 4) is 0 Å². The Morgan fingerprint density at radius 2 is 2.07 bits per heavy atom. The molecule has 0 saturated carbocycles. The fourth-order valence-electron chi connectivity index (χ4n) is 3.33. The Labute approximate surface area is 171 Å². The summed E-state index contributed by atoms with van der Waals surface area (Å²) in [5, 5.41) is 2.07. The Morgan fingerprint density at radius 1 is 1.19 bits per heavy atom. The molecule has 0 unspecified atom stereocenters. The van der Waals surface area contributed by atoms with Crippen LogP contribution in [-0.4, -0.2) is 14.5 Å². The van der Waals surface area contributed by atoms with Crippen LogP contribution in [0.4, 0.5) is 0 Å². The van der Waals surface area contributed by atoms with E-state index < -0.39 is 0 Å². The number of hydrogen-bond donors (Lipinski definition) is 0. The number of rotatable bonds is 5. The van der Waals surface area contributed by atoms with Gasteiger partial charge in [-0.2, -0.15) is 4.98 Å². The first kappa shape index (κ1) is 18.5. The van der Waals surface area contributed by atoms with Gasteiger partial charge < -0.3 is 0 Å². The van der Waals surface area contributed by atoms with Gasteiger partial charge in [0, 0.05) is 39.4 Å². The maximum Gasteiger partial charge on any atom is 0.349 e. The summed E-state index contributed by atoms with van der Waals surface area (Å²) in [5.74, 6) is 0.654. The van der Waals surface area contributed by atoms with Gasteiger partial charge in [-0.3, -0.25) is 9.55 Å². The van der Waals surface area contributed by atoms with Crippen LogP contribution in [0.15, 0.2) is 52.5 Å². The van der Waals surface area contributed by atoms with Crippen LogP contribution in [0.5, 0.6) is 0 Å². The summed E-state index contributed by atoms with van der Waals surface area (Å²) in [6.45, 7) is 0.510. The molecule has 4 rings (SSSR count). The Bertz CT molecular complexity index is 1040. The van der Waals surface area contributed by atoms with Gasteiger partial charge in [-0.1, -0.05) is 35.3 Å². The second-order valence-corrected chi connectivity index (χ2v) is 8.26. The highest BCUT2D eigenvalue weighted by molar-refractivity contribution is 7.98. The number of fused-ring (bicyclic) bond motifs is 1. The molecule has 27 heavy (non-hydrogen) atoms. The van der Waals surface area contributed by atoms with Gasteiger partial charge in [0.15, 0.2) is 0 Å². The second-order valence-electron chi connectivity index (χ2n) is 6.45. The standard InChI is InChI=1S/C20H17Cl2N3OS/c21-15-7-6-14(17(22)9-15)12-27-19-16-4-1-5-18(16)25(20(26)24-19)11-13-3-2-8-23-10-13/h2-3,6-10H,1,4-5,11-12H2. The molecule has 0 fully saturated rings. The third-order valence-electron chi connectivity index (χ3n) is 4.64. The number of nitrogens with zero attached hydrogens (tertiary/aromatic N) is 3. The van der Waals surface area contributed by atoms with Crippen molar-refractivity contribution in [2.24, 2.45) is 0 Å². The van der Waals surface area contributed by atoms with Crippen molar-refractivity contribution in [2.75, 3.05) is 0 Å². The normalized spacial score (nSPS) is 13.0. The van der Waals surface area contributed by atoms with Crippen molar-refractivity contribution in [1.29, 1.82) is 0 Å². The number of thioether (sulfide) groups is 1. The molecule has 1 aliphatic rings. The maximum absolute atomic E-state index is 12.7. The summed E-state index contributed by atoms with van der Waals surface area (Å²) < 4.78 is 1.79. The van der Waals surface area contributed by atoms with Crippen molar-refractivity contribution in [1.82, 2.24) is 14.5 Å². The Kier molecular flexibility index (Phi) is 5.53. The lowest BCUT2D eigenvalue weighted by Gasteiger charge is -2.14. The zero-order chi connectivity index (χ0) is 18.8. The van der Waals surface area contributed by atoms with Gasteiger partial charge in [-0.25, -0.2) is 4.79 Å². The van der Waals surface area contributed by atoms with Gasteiger partial charge in [-0.15, -0.1) is 11.8 Å². The lowest BCUT2D eigenvalue weighted by atomic mass is 10.2. The number of hydrogen-bond acceptors (Lipinski definition) is 4. The highest BCUT2D eigenvalue weighted by Gasteiger charge is 2.22. The van der Waals surface area contributed by atoms with E-state index >= 15 is 0 Å². The predicted octanol–water partition coefficient (Wildman–Crippen LogP) is 4.77. The van der Waals surface area contributed by atoms with Gasteiger partial charge in [0.25, 0.3) is 0 Å². The van der Waals surface area contributed by atoms with Crippen LogP contribution < -0.4 is 5.69 Å². The third-order valence-corrected chi connectivity index (χ3v) is 6.30. The maximum atomic E-state index is 12.7. The van der Waals surface area contributed by atoms with E-state index in [2.05, 4.69) is 9.97 Å². The second kappa shape index (κ2) is 8.05. The average molecular weight is 418 g/mol. The van der Waals surface area contributed by atoms with E-state index in [0.717, 1.165) is 41.1 Å². The first-order valence-electron chi connectivity index (χ1n) is 8.70. The summed E-state index contributed by atoms with van der Waals surface area (Å²) in [5.41, 5.74) is 4.07. The topological polar surface area (TPSA) is 47.8 Å². The SMILES string of the molecule is O=c1nc(SCc2ccc(Cl)cc2Cl)c2c(n1Cc1cccnc1)CCC2. The van der Waals surface area contributed by atoms with Crippen LogP contribution in [0.2, 0.25) is 10.0 Å². The highest BCUT2D eigenvalue weighted by atomic mass is 35.5. The molecule has 2 heterocycles. The van der Waals surface area contributed by atoms with Crippen LogP contribution in [0.3, 0.4) is 0 Å². The molecule has 0 amide bonds. The number of aromatic nitrogens is 3. The van der Waals surface area contributed by atoms with E-state index in [4.69, 9.17) is 23.2 Å². The average Bonchev–Trinajstić information content (AvgIpc) is 3.14. The van der Waals surface area contributed by atoms with Gasteiger partial charge in [0.2, 0.25) is 0 Å². The lowest BCUT2D eigenvalue weighted by Crippen LogP contribution is -2.27. The van der Waals surface area contributed by atoms with Crippen molar-refractivity contribution >= 4 is 35.0 Å². The van der Waals surface area contributed by atoms with Gasteiger partial charge in [0.05, 0.1) is 6.54 Å². The van der Waals surface area contributed by atoms with E-state index in [1.807, 2.05) is 24.3 Å². The van der Waals surface area contributed by atoms with Crippen LogP contribution in [0.25, 0.3) is 0 Å². The van der Waals surface area contributed by atoms with Crippen molar-refractivity contribution in [2.45, 2.75) is 36.6 Å². The summed E-state index contributed by atoms with van der Waals surface area (Å²) in [6.07, 6.45) is 6.42. The molecule has 4 nitrogen and oxygen atoms in total. The van der Waals surface area contributed by atoms with Gasteiger partial charge in [-0.05, 0) is 48.6 Å². The van der Waals surface area contributed by atoms with E-state index in [9.17, 15) is 4.79 Å². The summed E-state index contributed by atoms with van der Waals surface area (Å²) in [4.78, 5) is 21.2. The molecular weight excluding hydrogens is 401 g/mol. The number of benzene rings is 1. The lowest BCUT2D eigenvalue weighted by molar-refractivity contribution is 0.665. The molecule has 0 aliphatic heterocycles. The zero-order valence-corrected chi connectivity index (χ0v) is 16.8. The van der Waals surface area contributed by atoms with Crippen LogP contribution in [0, 0.1) is 0 Å². The smallest absolute Gasteiger partial charge is 0.291 e. The number of halogens is 2. The van der Waals surface area contributed by atoms with E-state index in [1.54, 1.807) is 34.8 Å². The van der Waals surface area contributed by atoms with Crippen LogP contribution in [-0.2, 0) is 25.1 Å². The largest absolute Gasteiger partial charge is 0.349 e. The minimum absolute atomic E-state index is 0.204. The molecule has 1 aromatic carbocycles. The van der Waals surface area contributed by atoms with E-state index in [-0.39, 0.29) is 5.69 Å². The molecule has 3 aromatic rings. The fraction of sp³-hybridized carbons (Fsp3) is 0.250. The van der Waals surface area contributed by atoms with Crippen molar-refractivity contribution in [3.05, 3.63) is 85.6 Å². The molecule has 0 bridgehead atoms. The van der Waals surface area contributed by atoms with Crippen LogP contribution in [0.1, 0.15) is 28.8 Å². The Hall–Kier alpha value is -1.82. The first-order valence-corrected chi connectivity index (χ1v) is 10.4. The molecular formula is C20H17Cl2N3OS. The zero-order valence-electron chi connectivity index (χ0n) is 14.5. The summed E-state index contributed by atoms with van der Waals surface area (Å²) >= 11 is 13.8. The summed E-state index contributed by atoms with van der Waals surface area (Å²) in [7, 11) is 0.